The predicted octanol–water partition coefficient (Wildman–Crippen LogP) is 3.02. The van der Waals surface area contributed by atoms with Gasteiger partial charge in [0.2, 0.25) is 0 Å². The SMILES string of the molecule is CCN1C(=O)/C(=N/N=C\c2ccc(F)cc2)c2ccccc21. The van der Waals surface area contributed by atoms with E-state index in [2.05, 4.69) is 10.2 Å². The first-order valence-corrected chi connectivity index (χ1v) is 6.98. The van der Waals surface area contributed by atoms with E-state index in [0.29, 0.717) is 12.3 Å². The number of anilines is 1. The van der Waals surface area contributed by atoms with Crippen LogP contribution in [0.1, 0.15) is 18.1 Å². The minimum absolute atomic E-state index is 0.153. The van der Waals surface area contributed by atoms with Crippen LogP contribution in [0.5, 0.6) is 0 Å². The zero-order valence-electron chi connectivity index (χ0n) is 12.0. The summed E-state index contributed by atoms with van der Waals surface area (Å²) in [5, 5.41) is 8.03. The molecule has 1 aliphatic heterocycles. The van der Waals surface area contributed by atoms with Crippen LogP contribution in [0.2, 0.25) is 0 Å². The van der Waals surface area contributed by atoms with Gasteiger partial charge in [-0.3, -0.25) is 4.79 Å². The zero-order valence-corrected chi connectivity index (χ0v) is 12.0. The van der Waals surface area contributed by atoms with Gasteiger partial charge in [-0.2, -0.15) is 5.10 Å². The number of fused-ring (bicyclic) bond motifs is 1. The van der Waals surface area contributed by atoms with Crippen molar-refractivity contribution in [2.45, 2.75) is 6.92 Å². The maximum Gasteiger partial charge on any atom is 0.279 e. The average Bonchev–Trinajstić information content (AvgIpc) is 2.81. The van der Waals surface area contributed by atoms with Crippen molar-refractivity contribution in [3.05, 3.63) is 65.5 Å². The first-order valence-electron chi connectivity index (χ1n) is 6.98. The van der Waals surface area contributed by atoms with Crippen LogP contribution in [0.3, 0.4) is 0 Å². The molecule has 0 N–H and O–H groups in total. The topological polar surface area (TPSA) is 45.0 Å². The van der Waals surface area contributed by atoms with E-state index in [9.17, 15) is 9.18 Å². The molecule has 0 saturated carbocycles. The van der Waals surface area contributed by atoms with Crippen molar-refractivity contribution < 1.29 is 9.18 Å². The van der Waals surface area contributed by atoms with E-state index in [1.54, 1.807) is 17.0 Å². The van der Waals surface area contributed by atoms with Crippen LogP contribution < -0.4 is 4.90 Å². The van der Waals surface area contributed by atoms with Gasteiger partial charge in [-0.15, -0.1) is 5.10 Å². The minimum Gasteiger partial charge on any atom is -0.307 e. The van der Waals surface area contributed by atoms with Crippen molar-refractivity contribution in [1.82, 2.24) is 0 Å². The number of halogens is 1. The van der Waals surface area contributed by atoms with Crippen LogP contribution in [0.4, 0.5) is 10.1 Å². The number of hydrogen-bond donors (Lipinski definition) is 0. The number of nitrogens with zero attached hydrogens (tertiary/aromatic N) is 3. The van der Waals surface area contributed by atoms with Gasteiger partial charge in [0.25, 0.3) is 5.91 Å². The largest absolute Gasteiger partial charge is 0.307 e. The highest BCUT2D eigenvalue weighted by Crippen LogP contribution is 2.28. The van der Waals surface area contributed by atoms with Gasteiger partial charge in [0.05, 0.1) is 11.9 Å². The molecule has 3 rings (SSSR count). The molecule has 22 heavy (non-hydrogen) atoms. The molecule has 0 bridgehead atoms. The Labute approximate surface area is 127 Å². The van der Waals surface area contributed by atoms with Crippen molar-refractivity contribution in [2.24, 2.45) is 10.2 Å². The predicted molar refractivity (Wildman–Crippen MR) is 85.0 cm³/mol. The molecule has 1 amide bonds. The molecule has 0 saturated heterocycles. The number of likely N-dealkylation sites (N-methyl/N-ethyl adjacent to an activating group) is 1. The number of benzene rings is 2. The molecule has 0 fully saturated rings. The van der Waals surface area contributed by atoms with Crippen LogP contribution in [-0.4, -0.2) is 24.4 Å². The molecule has 2 aromatic carbocycles. The summed E-state index contributed by atoms with van der Waals surface area (Å²) < 4.78 is 12.8. The fraction of sp³-hybridized carbons (Fsp3) is 0.118. The Bertz CT molecular complexity index is 766. The summed E-state index contributed by atoms with van der Waals surface area (Å²) in [7, 11) is 0. The summed E-state index contributed by atoms with van der Waals surface area (Å²) in [6.07, 6.45) is 1.50. The van der Waals surface area contributed by atoms with E-state index < -0.39 is 0 Å². The molecule has 0 atom stereocenters. The summed E-state index contributed by atoms with van der Waals surface area (Å²) in [5.74, 6) is -0.457. The highest BCUT2D eigenvalue weighted by atomic mass is 19.1. The molecule has 5 heteroatoms. The normalized spacial score (nSPS) is 15.8. The van der Waals surface area contributed by atoms with Crippen molar-refractivity contribution >= 4 is 23.5 Å². The van der Waals surface area contributed by atoms with Crippen molar-refractivity contribution in [3.63, 3.8) is 0 Å². The van der Waals surface area contributed by atoms with Gasteiger partial charge in [-0.1, -0.05) is 30.3 Å². The van der Waals surface area contributed by atoms with E-state index in [1.807, 2.05) is 31.2 Å². The van der Waals surface area contributed by atoms with Crippen LogP contribution in [0.15, 0.2) is 58.7 Å². The molecule has 0 aliphatic carbocycles. The number of para-hydroxylation sites is 1. The second kappa shape index (κ2) is 5.89. The molecule has 110 valence electrons. The molecule has 0 unspecified atom stereocenters. The standard InChI is InChI=1S/C17H14FN3O/c1-2-21-15-6-4-3-5-14(15)16(17(21)22)20-19-11-12-7-9-13(18)10-8-12/h3-11H,2H2,1H3/b19-11-,20-16+. The number of amides is 1. The molecule has 1 heterocycles. The van der Waals surface area contributed by atoms with Crippen LogP contribution in [-0.2, 0) is 4.79 Å². The highest BCUT2D eigenvalue weighted by molar-refractivity contribution is 6.54. The Morgan fingerprint density at radius 2 is 1.86 bits per heavy atom. The third-order valence-corrected chi connectivity index (χ3v) is 3.45. The number of carbonyl (C=O) groups is 1. The first kappa shape index (κ1) is 14.1. The third kappa shape index (κ3) is 2.53. The summed E-state index contributed by atoms with van der Waals surface area (Å²) in [6, 6.07) is 13.4. The summed E-state index contributed by atoms with van der Waals surface area (Å²) in [5.41, 5.74) is 2.68. The number of hydrogen-bond acceptors (Lipinski definition) is 3. The van der Waals surface area contributed by atoms with Crippen molar-refractivity contribution in [2.75, 3.05) is 11.4 Å². The molecular formula is C17H14FN3O. The van der Waals surface area contributed by atoms with Crippen LogP contribution >= 0.6 is 0 Å². The maximum absolute atomic E-state index is 12.8. The van der Waals surface area contributed by atoms with E-state index in [1.165, 1.54) is 18.3 Å². The minimum atomic E-state index is -0.304. The van der Waals surface area contributed by atoms with Gasteiger partial charge in [-0.25, -0.2) is 4.39 Å². The molecular weight excluding hydrogens is 281 g/mol. The lowest BCUT2D eigenvalue weighted by Crippen LogP contribution is -2.29. The van der Waals surface area contributed by atoms with Gasteiger partial charge >= 0.3 is 0 Å². The van der Waals surface area contributed by atoms with Gasteiger partial charge < -0.3 is 4.90 Å². The van der Waals surface area contributed by atoms with Gasteiger partial charge in [-0.05, 0) is 30.7 Å². The monoisotopic (exact) mass is 295 g/mol. The second-order valence-electron chi connectivity index (χ2n) is 4.81. The van der Waals surface area contributed by atoms with Crippen LogP contribution in [0, 0.1) is 5.82 Å². The highest BCUT2D eigenvalue weighted by Gasteiger charge is 2.32. The van der Waals surface area contributed by atoms with E-state index >= 15 is 0 Å². The molecule has 0 radical (unpaired) electrons. The Morgan fingerprint density at radius 1 is 1.14 bits per heavy atom. The molecule has 4 nitrogen and oxygen atoms in total. The number of carbonyl (C=O) groups excluding carboxylic acids is 1. The smallest absolute Gasteiger partial charge is 0.279 e. The van der Waals surface area contributed by atoms with Crippen LogP contribution in [0.25, 0.3) is 0 Å². The van der Waals surface area contributed by atoms with Crippen molar-refractivity contribution in [3.8, 4) is 0 Å². The fourth-order valence-corrected chi connectivity index (χ4v) is 2.37. The lowest BCUT2D eigenvalue weighted by atomic mass is 10.1. The lowest BCUT2D eigenvalue weighted by Gasteiger charge is -2.12. The Morgan fingerprint density at radius 3 is 2.59 bits per heavy atom. The molecule has 1 aliphatic rings. The third-order valence-electron chi connectivity index (χ3n) is 3.45. The van der Waals surface area contributed by atoms with Gasteiger partial charge in [0.15, 0.2) is 5.71 Å². The maximum atomic E-state index is 12.8. The number of rotatable bonds is 3. The molecule has 0 spiro atoms. The lowest BCUT2D eigenvalue weighted by molar-refractivity contribution is -0.112. The quantitative estimate of drug-likeness (QED) is 0.634. The van der Waals surface area contributed by atoms with E-state index in [-0.39, 0.29) is 11.7 Å². The van der Waals surface area contributed by atoms with Gasteiger partial charge in [0, 0.05) is 12.1 Å². The second-order valence-corrected chi connectivity index (χ2v) is 4.81. The summed E-state index contributed by atoms with van der Waals surface area (Å²) in [4.78, 5) is 14.0. The average molecular weight is 295 g/mol. The summed E-state index contributed by atoms with van der Waals surface area (Å²) in [6.45, 7) is 2.50. The van der Waals surface area contributed by atoms with E-state index in [4.69, 9.17) is 0 Å². The Hall–Kier alpha value is -2.82. The fourth-order valence-electron chi connectivity index (χ4n) is 2.37. The first-order chi connectivity index (χ1) is 10.7. The summed E-state index contributed by atoms with van der Waals surface area (Å²) >= 11 is 0. The Balaban J connectivity index is 1.91. The zero-order chi connectivity index (χ0) is 15.5. The Kier molecular flexibility index (Phi) is 3.78. The van der Waals surface area contributed by atoms with E-state index in [0.717, 1.165) is 16.8 Å². The molecule has 0 aromatic heterocycles. The molecule has 2 aromatic rings. The van der Waals surface area contributed by atoms with Gasteiger partial charge in [0.1, 0.15) is 5.82 Å². The van der Waals surface area contributed by atoms with Crippen molar-refractivity contribution in [1.29, 1.82) is 0 Å².